The normalized spacial score (nSPS) is 15.4. The van der Waals surface area contributed by atoms with Gasteiger partial charge in [-0.25, -0.2) is 19.4 Å². The van der Waals surface area contributed by atoms with E-state index in [0.29, 0.717) is 65.5 Å². The van der Waals surface area contributed by atoms with E-state index in [2.05, 4.69) is 86.6 Å². The lowest BCUT2D eigenvalue weighted by atomic mass is 9.97. The summed E-state index contributed by atoms with van der Waals surface area (Å²) in [6.45, 7) is 20.2. The number of carbonyl (C=O) groups is 3. The molecular weight excluding hydrogens is 1140 g/mol. The van der Waals surface area contributed by atoms with Gasteiger partial charge in [-0.15, -0.1) is 0 Å². The smallest absolute Gasteiger partial charge is 0.410 e. The Morgan fingerprint density at radius 3 is 1.76 bits per heavy atom. The lowest BCUT2D eigenvalue weighted by Gasteiger charge is -2.27. The molecule has 3 aliphatic rings. The Morgan fingerprint density at radius 2 is 1.20 bits per heavy atom. The third-order valence-electron chi connectivity index (χ3n) is 17.6. The average molecular weight is 1220 g/mol. The number of nitrogens with zero attached hydrogens (tertiary/aromatic N) is 10. The third kappa shape index (κ3) is 13.4. The number of amides is 3. The first-order chi connectivity index (χ1) is 44.2. The van der Waals surface area contributed by atoms with Gasteiger partial charge in [0.1, 0.15) is 39.8 Å². The predicted molar refractivity (Wildman–Crippen MR) is 356 cm³/mol. The van der Waals surface area contributed by atoms with E-state index in [-0.39, 0.29) is 24.1 Å². The molecule has 3 amide bonds. The summed E-state index contributed by atoms with van der Waals surface area (Å²) in [5, 5.41) is 18.2. The summed E-state index contributed by atoms with van der Waals surface area (Å²) in [7, 11) is 0. The second kappa shape index (κ2) is 27.4. The number of hydrogen-bond acceptors (Lipinski definition) is 12. The van der Waals surface area contributed by atoms with Crippen molar-refractivity contribution in [1.82, 2.24) is 69.9 Å². The number of aromatic amines is 3. The molecular formula is C72H82N14O5. The van der Waals surface area contributed by atoms with Gasteiger partial charge in [0.05, 0.1) is 17.6 Å². The molecule has 0 radical (unpaired) electrons. The highest BCUT2D eigenvalue weighted by Crippen LogP contribution is 2.39. The molecule has 91 heavy (non-hydrogen) atoms. The molecule has 4 aromatic carbocycles. The fraction of sp³-hybridized carbons (Fsp3) is 0.375. The van der Waals surface area contributed by atoms with E-state index in [1.54, 1.807) is 4.90 Å². The summed E-state index contributed by atoms with van der Waals surface area (Å²) in [4.78, 5) is 72.2. The van der Waals surface area contributed by atoms with Crippen LogP contribution >= 0.6 is 0 Å². The first kappa shape index (κ1) is 61.9. The molecule has 0 aliphatic carbocycles. The number of rotatable bonds is 15. The number of hydrogen-bond donors (Lipinski definition) is 4. The highest BCUT2D eigenvalue weighted by Gasteiger charge is 2.31. The van der Waals surface area contributed by atoms with Crippen LogP contribution in [0.4, 0.5) is 4.79 Å². The molecule has 470 valence electrons. The second-order valence-corrected chi connectivity index (χ2v) is 25.0. The molecule has 19 heteroatoms. The fourth-order valence-electron chi connectivity index (χ4n) is 12.5. The zero-order valence-corrected chi connectivity index (χ0v) is 53.4. The van der Waals surface area contributed by atoms with Crippen LogP contribution in [0.2, 0.25) is 0 Å². The first-order valence-corrected chi connectivity index (χ1v) is 32.3. The van der Waals surface area contributed by atoms with Gasteiger partial charge >= 0.3 is 6.09 Å². The zero-order chi connectivity index (χ0) is 63.2. The summed E-state index contributed by atoms with van der Waals surface area (Å²) in [6, 6.07) is 32.3. The highest BCUT2D eigenvalue weighted by atomic mass is 16.6. The number of nitrogens with one attached hydrogen (secondary N) is 4. The van der Waals surface area contributed by atoms with E-state index < -0.39 is 5.60 Å². The van der Waals surface area contributed by atoms with Crippen LogP contribution in [0, 0.1) is 13.8 Å². The van der Waals surface area contributed by atoms with Crippen molar-refractivity contribution in [3.8, 4) is 67.8 Å². The van der Waals surface area contributed by atoms with Crippen molar-refractivity contribution in [2.45, 2.75) is 131 Å². The first-order valence-electron chi connectivity index (χ1n) is 32.3. The van der Waals surface area contributed by atoms with E-state index in [0.717, 1.165) is 163 Å². The summed E-state index contributed by atoms with van der Waals surface area (Å²) in [5.74, 6) is 1.07. The van der Waals surface area contributed by atoms with Gasteiger partial charge in [0.2, 0.25) is 0 Å². The maximum absolute atomic E-state index is 14.0. The van der Waals surface area contributed by atoms with Gasteiger partial charge in [0, 0.05) is 104 Å². The molecule has 13 rings (SSSR count). The Morgan fingerprint density at radius 1 is 0.637 bits per heavy atom. The number of aromatic nitrogens is 10. The Kier molecular flexibility index (Phi) is 18.6. The van der Waals surface area contributed by atoms with Crippen molar-refractivity contribution in [1.29, 1.82) is 0 Å². The minimum absolute atomic E-state index is 0.00737. The number of piperidine rings is 2. The van der Waals surface area contributed by atoms with E-state index in [1.807, 2.05) is 134 Å². The number of ether oxygens (including phenoxy) is 2. The van der Waals surface area contributed by atoms with Crippen LogP contribution in [0.1, 0.15) is 142 Å². The summed E-state index contributed by atoms with van der Waals surface area (Å²) < 4.78 is 13.9. The quantitative estimate of drug-likeness (QED) is 0.0753. The average Bonchev–Trinajstić information content (AvgIpc) is 1.63. The van der Waals surface area contributed by atoms with Crippen LogP contribution in [-0.2, 0) is 22.6 Å². The van der Waals surface area contributed by atoms with Crippen molar-refractivity contribution in [3.05, 3.63) is 155 Å². The Hall–Kier alpha value is -9.33. The Bertz CT molecular complexity index is 4200. The van der Waals surface area contributed by atoms with Gasteiger partial charge in [0.15, 0.2) is 17.9 Å². The molecule has 3 fully saturated rings. The number of pyridine rings is 2. The molecule has 1 unspecified atom stereocenters. The van der Waals surface area contributed by atoms with Crippen molar-refractivity contribution in [2.75, 3.05) is 45.9 Å². The van der Waals surface area contributed by atoms with Crippen LogP contribution in [-0.4, -0.2) is 134 Å². The number of H-pyrrole nitrogens is 3. The monoisotopic (exact) mass is 1220 g/mol. The lowest BCUT2D eigenvalue weighted by Crippen LogP contribution is -2.36. The molecule has 4 N–H and O–H groups in total. The summed E-state index contributed by atoms with van der Waals surface area (Å²) in [5.41, 5.74) is 15.1. The van der Waals surface area contributed by atoms with Gasteiger partial charge in [-0.05, 0) is 164 Å². The Balaban J connectivity index is 0.000000183. The van der Waals surface area contributed by atoms with E-state index in [9.17, 15) is 14.4 Å². The van der Waals surface area contributed by atoms with Crippen LogP contribution in [0.25, 0.3) is 89.6 Å². The van der Waals surface area contributed by atoms with Crippen LogP contribution in [0.3, 0.4) is 0 Å². The van der Waals surface area contributed by atoms with Crippen molar-refractivity contribution >= 4 is 39.7 Å². The number of imidazole rings is 2. The van der Waals surface area contributed by atoms with E-state index in [1.165, 1.54) is 11.1 Å². The molecule has 0 saturated carbocycles. The fourth-order valence-corrected chi connectivity index (χ4v) is 12.5. The molecule has 9 heterocycles. The second-order valence-electron chi connectivity index (χ2n) is 25.0. The number of fused-ring (bicyclic) bond motifs is 2. The van der Waals surface area contributed by atoms with Gasteiger partial charge in [-0.3, -0.25) is 24.7 Å². The maximum Gasteiger partial charge on any atom is 0.410 e. The minimum atomic E-state index is -0.586. The van der Waals surface area contributed by atoms with Gasteiger partial charge in [-0.2, -0.15) is 10.2 Å². The maximum atomic E-state index is 14.0. The van der Waals surface area contributed by atoms with Crippen LogP contribution in [0.15, 0.2) is 122 Å². The third-order valence-corrected chi connectivity index (χ3v) is 17.6. The van der Waals surface area contributed by atoms with Crippen molar-refractivity contribution < 1.29 is 23.9 Å². The molecule has 0 spiro atoms. The Labute approximate surface area is 531 Å². The predicted octanol–water partition coefficient (Wildman–Crippen LogP) is 14.3. The van der Waals surface area contributed by atoms with Gasteiger partial charge in [-0.1, -0.05) is 79.7 Å². The molecule has 10 aromatic rings. The zero-order valence-electron chi connectivity index (χ0n) is 53.4. The number of benzene rings is 4. The largest absolute Gasteiger partial charge is 0.444 e. The topological polar surface area (TPSA) is 221 Å². The van der Waals surface area contributed by atoms with Crippen LogP contribution < -0.4 is 5.32 Å². The molecule has 6 aromatic heterocycles. The van der Waals surface area contributed by atoms with Crippen molar-refractivity contribution in [2.24, 2.45) is 0 Å². The van der Waals surface area contributed by atoms with Crippen molar-refractivity contribution in [3.63, 3.8) is 0 Å². The molecule has 0 bridgehead atoms. The van der Waals surface area contributed by atoms with Gasteiger partial charge in [0.25, 0.3) is 11.8 Å². The van der Waals surface area contributed by atoms with E-state index in [4.69, 9.17) is 24.5 Å². The molecule has 3 aliphatic heterocycles. The van der Waals surface area contributed by atoms with Gasteiger partial charge < -0.3 is 39.5 Å². The molecule has 1 atom stereocenters. The molecule has 19 nitrogen and oxygen atoms in total. The van der Waals surface area contributed by atoms with Crippen LogP contribution in [0.5, 0.6) is 0 Å². The number of carbonyl (C=O) groups excluding carboxylic acids is 3. The summed E-state index contributed by atoms with van der Waals surface area (Å²) in [6.07, 6.45) is 16.3. The summed E-state index contributed by atoms with van der Waals surface area (Å²) >= 11 is 0. The SMILES string of the molecule is CCN(Cc1cncc(-c2ccc3c(c2)c(-c2nc(-c4ccccc4)c(C(=O)N4CCCCC4)[nH]2)nn3C2CCCCO2)c1C)C(=O)OC(C)(C)C.CCNCc1cncc(-c2ccc3[nH]nc(-c4nc(-c5ccccc5)c(C(=O)N5CCCCC5)[nH]4)c3c2)c1C. The standard InChI is InChI=1S/C41H49N7O4.C31H33N7O/c1-6-46(40(50)52-41(3,4)5)26-30-24-42-25-32(27(30)2)29-18-19-33-31(23-29)36(45-48(33)34-17-11-14-22-51-34)38-43-35(28-15-9-7-10-16-28)37(44-38)39(49)47-20-12-8-13-21-47;1-3-32-17-23-18-33-19-25(20(23)2)22-12-13-26-24(16-22)28(37-36-26)30-34-27(21-10-6-4-7-11-21)29(35-30)31(39)38-14-8-5-9-15-38/h7,9-10,15-16,18-19,23-25,34H,6,8,11-14,17,20-22,26H2,1-5H3,(H,43,44);4,6-7,10-13,16,18-19,32H,3,5,8-9,14-15,17H2,1-2H3,(H,34,35)(H,36,37). The molecule has 3 saturated heterocycles. The lowest BCUT2D eigenvalue weighted by molar-refractivity contribution is -0.0365. The minimum Gasteiger partial charge on any atom is -0.444 e. The highest BCUT2D eigenvalue weighted by molar-refractivity contribution is 6.02. The van der Waals surface area contributed by atoms with E-state index >= 15 is 0 Å². The number of likely N-dealkylation sites (tertiary alicyclic amines) is 2.